The topological polar surface area (TPSA) is 60.4 Å². The first-order valence-electron chi connectivity index (χ1n) is 1.84. The number of hydrogen-bond acceptors (Lipinski definition) is 4. The molecule has 50 valence electrons. The predicted octanol–water partition coefficient (Wildman–Crippen LogP) is -1.49. The second-order valence-corrected chi connectivity index (χ2v) is 2.80. The molecule has 0 N–H and O–H groups in total. The number of carbonyl (C=O) groups excluding carboxylic acids is 1. The molecule has 0 spiro atoms. The number of aldehydes is 1. The summed E-state index contributed by atoms with van der Waals surface area (Å²) in [7, 11) is -3.42. The van der Waals surface area contributed by atoms with E-state index in [1.54, 1.807) is 0 Å². The Labute approximate surface area is 76.0 Å². The van der Waals surface area contributed by atoms with Crippen LogP contribution in [0.4, 0.5) is 0 Å². The number of hydrogen-bond donors (Lipinski definition) is 0. The van der Waals surface area contributed by atoms with Crippen LogP contribution in [-0.2, 0) is 19.1 Å². The molecule has 0 saturated heterocycles. The van der Waals surface area contributed by atoms with E-state index in [4.69, 9.17) is 0 Å². The third kappa shape index (κ3) is 11.9. The van der Waals surface area contributed by atoms with E-state index in [9.17, 15) is 13.2 Å². The molecular weight excluding hydrogens is 155 g/mol. The van der Waals surface area contributed by atoms with Crippen molar-refractivity contribution in [3.05, 3.63) is 0 Å². The Hall–Kier alpha value is 0.580. The Bertz CT molecular complexity index is 161. The van der Waals surface area contributed by atoms with Crippen LogP contribution >= 0.6 is 0 Å². The van der Waals surface area contributed by atoms with E-state index < -0.39 is 16.7 Å². The second-order valence-electron chi connectivity index (χ2n) is 1.16. The Morgan fingerprint density at radius 2 is 2.00 bits per heavy atom. The van der Waals surface area contributed by atoms with Gasteiger partial charge in [-0.1, -0.05) is 0 Å². The van der Waals surface area contributed by atoms with Crippen molar-refractivity contribution in [1.82, 2.24) is 0 Å². The normalized spacial score (nSPS) is 9.89. The van der Waals surface area contributed by atoms with Gasteiger partial charge in [0.15, 0.2) is 0 Å². The third-order valence-electron chi connectivity index (χ3n) is 0.350. The molecule has 0 aromatic rings. The summed E-state index contributed by atoms with van der Waals surface area (Å²) in [4.78, 5) is 9.46. The molecule has 0 aromatic heterocycles. The van der Waals surface area contributed by atoms with Gasteiger partial charge in [-0.2, -0.15) is 8.42 Å². The van der Waals surface area contributed by atoms with Crippen molar-refractivity contribution in [3.63, 3.8) is 0 Å². The minimum absolute atomic E-state index is 0. The number of carbonyl (C=O) groups is 1. The molecule has 0 unspecified atom stereocenters. The summed E-state index contributed by atoms with van der Waals surface area (Å²) in [5, 5.41) is 0. The summed E-state index contributed by atoms with van der Waals surface area (Å²) in [6.45, 7) is -0.390. The molecule has 4 nitrogen and oxygen atoms in total. The molecule has 0 heterocycles. The van der Waals surface area contributed by atoms with Crippen molar-refractivity contribution < 1.29 is 17.4 Å². The Balaban J connectivity index is 0. The summed E-state index contributed by atoms with van der Waals surface area (Å²) in [6, 6.07) is 0. The van der Waals surface area contributed by atoms with E-state index in [-0.39, 0.29) is 29.6 Å². The van der Waals surface area contributed by atoms with E-state index >= 15 is 0 Å². The van der Waals surface area contributed by atoms with Crippen LogP contribution in [0.3, 0.4) is 0 Å². The molecular formula is C3H7NaO4S. The van der Waals surface area contributed by atoms with Gasteiger partial charge in [-0.15, -0.1) is 0 Å². The van der Waals surface area contributed by atoms with Crippen LogP contribution in [0, 0.1) is 0 Å². The van der Waals surface area contributed by atoms with E-state index in [1.165, 1.54) is 0 Å². The molecule has 0 aliphatic carbocycles. The van der Waals surface area contributed by atoms with Gasteiger partial charge in [0.2, 0.25) is 0 Å². The summed E-state index contributed by atoms with van der Waals surface area (Å²) < 4.78 is 24.0. The Kier molecular flexibility index (Phi) is 7.33. The van der Waals surface area contributed by atoms with Gasteiger partial charge in [0.1, 0.15) is 12.9 Å². The molecule has 0 aromatic carbocycles. The van der Waals surface area contributed by atoms with Crippen molar-refractivity contribution in [3.8, 4) is 0 Å². The molecule has 0 amide bonds. The summed E-state index contributed by atoms with van der Waals surface area (Å²) in [6.07, 6.45) is 1.26. The fourth-order valence-corrected chi connectivity index (χ4v) is 0.454. The molecule has 0 fully saturated rings. The molecule has 6 heteroatoms. The fourth-order valence-electron chi connectivity index (χ4n) is 0.151. The summed E-state index contributed by atoms with van der Waals surface area (Å²) in [5.74, 6) is 0. The summed E-state index contributed by atoms with van der Waals surface area (Å²) in [5.41, 5.74) is 0. The Morgan fingerprint density at radius 1 is 1.56 bits per heavy atom. The first-order valence-corrected chi connectivity index (χ1v) is 3.66. The molecule has 0 bridgehead atoms. The van der Waals surface area contributed by atoms with Crippen molar-refractivity contribution in [2.24, 2.45) is 0 Å². The van der Waals surface area contributed by atoms with E-state index in [0.29, 0.717) is 6.29 Å². The van der Waals surface area contributed by atoms with Gasteiger partial charge in [-0.3, -0.25) is 4.18 Å². The average Bonchev–Trinajstić information content (AvgIpc) is 1.59. The van der Waals surface area contributed by atoms with Gasteiger partial charge in [-0.05, 0) is 0 Å². The standard InChI is InChI=1S/C3H6O4S.Na.H/c1-8(5,6)7-3-2-4;;/h2H,3H2,1H3;;. The van der Waals surface area contributed by atoms with Crippen LogP contribution in [0.25, 0.3) is 0 Å². The van der Waals surface area contributed by atoms with Crippen LogP contribution in [0.2, 0.25) is 0 Å². The van der Waals surface area contributed by atoms with E-state index in [2.05, 4.69) is 4.18 Å². The van der Waals surface area contributed by atoms with Gasteiger partial charge in [0, 0.05) is 0 Å². The molecule has 0 aliphatic heterocycles. The maximum atomic E-state index is 10.0. The molecule has 0 aliphatic rings. The minimum atomic E-state index is -3.42. The van der Waals surface area contributed by atoms with Crippen LogP contribution in [-0.4, -0.2) is 57.1 Å². The van der Waals surface area contributed by atoms with E-state index in [0.717, 1.165) is 6.26 Å². The van der Waals surface area contributed by atoms with Gasteiger partial charge >= 0.3 is 29.6 Å². The van der Waals surface area contributed by atoms with Gasteiger partial charge in [0.05, 0.1) is 6.26 Å². The first-order chi connectivity index (χ1) is 3.56. The summed E-state index contributed by atoms with van der Waals surface area (Å²) >= 11 is 0. The van der Waals surface area contributed by atoms with Crippen molar-refractivity contribution >= 4 is 46.0 Å². The number of rotatable bonds is 3. The van der Waals surface area contributed by atoms with Crippen LogP contribution in [0.5, 0.6) is 0 Å². The van der Waals surface area contributed by atoms with E-state index in [1.807, 2.05) is 0 Å². The van der Waals surface area contributed by atoms with Crippen LogP contribution in [0.1, 0.15) is 0 Å². The fraction of sp³-hybridized carbons (Fsp3) is 0.667. The Morgan fingerprint density at radius 3 is 2.11 bits per heavy atom. The zero-order valence-corrected chi connectivity index (χ0v) is 5.14. The SMILES string of the molecule is CS(=O)(=O)OCC=O.[NaH]. The van der Waals surface area contributed by atoms with Crippen LogP contribution < -0.4 is 0 Å². The third-order valence-corrected chi connectivity index (χ3v) is 0.914. The zero-order chi connectivity index (χ0) is 6.62. The molecule has 0 rings (SSSR count). The van der Waals surface area contributed by atoms with Crippen LogP contribution in [0.15, 0.2) is 0 Å². The average molecular weight is 162 g/mol. The molecule has 0 radical (unpaired) electrons. The van der Waals surface area contributed by atoms with Gasteiger partial charge < -0.3 is 4.79 Å². The van der Waals surface area contributed by atoms with Crippen molar-refractivity contribution in [1.29, 1.82) is 0 Å². The quantitative estimate of drug-likeness (QED) is 0.288. The maximum absolute atomic E-state index is 10.0. The second kappa shape index (κ2) is 5.37. The zero-order valence-electron chi connectivity index (χ0n) is 4.33. The molecule has 9 heavy (non-hydrogen) atoms. The van der Waals surface area contributed by atoms with Crippen molar-refractivity contribution in [2.45, 2.75) is 0 Å². The monoisotopic (exact) mass is 162 g/mol. The predicted molar refractivity (Wildman–Crippen MR) is 34.0 cm³/mol. The van der Waals surface area contributed by atoms with Gasteiger partial charge in [-0.25, -0.2) is 0 Å². The first kappa shape index (κ1) is 12.3. The molecule has 0 atom stereocenters. The van der Waals surface area contributed by atoms with Gasteiger partial charge in [0.25, 0.3) is 10.1 Å². The van der Waals surface area contributed by atoms with Crippen molar-refractivity contribution in [2.75, 3.05) is 12.9 Å². The molecule has 0 saturated carbocycles.